The van der Waals surface area contributed by atoms with E-state index in [1.807, 2.05) is 32.0 Å². The number of nitrogens with one attached hydrogen (secondary N) is 1. The van der Waals surface area contributed by atoms with E-state index in [0.29, 0.717) is 17.0 Å². The fraction of sp³-hybridized carbons (Fsp3) is 0.312. The maximum Gasteiger partial charge on any atom is 0.127 e. The van der Waals surface area contributed by atoms with Gasteiger partial charge >= 0.3 is 0 Å². The number of aryl methyl sites for hydroxylation is 1. The molecule has 2 nitrogen and oxygen atoms in total. The van der Waals surface area contributed by atoms with E-state index in [9.17, 15) is 4.39 Å². The molecule has 0 saturated carbocycles. The first kappa shape index (κ1) is 14.9. The van der Waals surface area contributed by atoms with Crippen LogP contribution in [0.4, 0.5) is 4.39 Å². The second-order valence-corrected chi connectivity index (χ2v) is 5.13. The van der Waals surface area contributed by atoms with Gasteiger partial charge in [0.05, 0.1) is 11.7 Å². The predicted molar refractivity (Wildman–Crippen MR) is 80.5 cm³/mol. The molecule has 0 saturated heterocycles. The monoisotopic (exact) mass is 292 g/mol. The number of hydrogen-bond donors (Lipinski definition) is 1. The lowest BCUT2D eigenvalue weighted by Gasteiger charge is -2.19. The Balaban J connectivity index is 2.30. The van der Waals surface area contributed by atoms with Gasteiger partial charge in [0.15, 0.2) is 0 Å². The Morgan fingerprint density at radius 2 is 2.00 bits per heavy atom. The normalized spacial score (nSPS) is 12.4. The number of aromatic nitrogens is 1. The molecule has 106 valence electrons. The lowest BCUT2D eigenvalue weighted by Crippen LogP contribution is -2.24. The van der Waals surface area contributed by atoms with Gasteiger partial charge in [-0.2, -0.15) is 0 Å². The van der Waals surface area contributed by atoms with E-state index in [1.165, 1.54) is 6.07 Å². The Morgan fingerprint density at radius 3 is 2.65 bits per heavy atom. The molecule has 1 heterocycles. The molecular formula is C16H18ClFN2. The molecule has 0 radical (unpaired) electrons. The molecule has 2 rings (SSSR count). The lowest BCUT2D eigenvalue weighted by atomic mass is 10.0. The Hall–Kier alpha value is -1.45. The van der Waals surface area contributed by atoms with Crippen molar-refractivity contribution in [2.75, 3.05) is 6.54 Å². The molecule has 1 aromatic carbocycles. The summed E-state index contributed by atoms with van der Waals surface area (Å²) >= 11 is 6.10. The van der Waals surface area contributed by atoms with E-state index in [-0.39, 0.29) is 11.9 Å². The van der Waals surface area contributed by atoms with Gasteiger partial charge in [-0.15, -0.1) is 0 Å². The summed E-state index contributed by atoms with van der Waals surface area (Å²) in [6.07, 6.45) is 0.482. The summed E-state index contributed by atoms with van der Waals surface area (Å²) in [5, 5.41) is 3.80. The van der Waals surface area contributed by atoms with Crippen molar-refractivity contribution in [3.8, 4) is 0 Å². The molecule has 0 bridgehead atoms. The van der Waals surface area contributed by atoms with Crippen molar-refractivity contribution in [2.24, 2.45) is 0 Å². The molecule has 0 aliphatic carbocycles. The molecule has 1 atom stereocenters. The highest BCUT2D eigenvalue weighted by Gasteiger charge is 2.17. The van der Waals surface area contributed by atoms with E-state index in [2.05, 4.69) is 10.3 Å². The van der Waals surface area contributed by atoms with Crippen LogP contribution in [0.3, 0.4) is 0 Å². The van der Waals surface area contributed by atoms with Gasteiger partial charge in [-0.25, -0.2) is 4.39 Å². The van der Waals surface area contributed by atoms with Crippen molar-refractivity contribution in [1.82, 2.24) is 10.3 Å². The molecule has 20 heavy (non-hydrogen) atoms. The van der Waals surface area contributed by atoms with E-state index in [1.54, 1.807) is 12.1 Å². The van der Waals surface area contributed by atoms with Crippen molar-refractivity contribution >= 4 is 11.6 Å². The van der Waals surface area contributed by atoms with E-state index < -0.39 is 0 Å². The molecule has 0 aliphatic heterocycles. The van der Waals surface area contributed by atoms with Crippen LogP contribution >= 0.6 is 11.6 Å². The molecule has 0 aliphatic rings. The largest absolute Gasteiger partial charge is 0.309 e. The fourth-order valence-electron chi connectivity index (χ4n) is 2.22. The average Bonchev–Trinajstić information content (AvgIpc) is 2.42. The minimum atomic E-state index is -0.270. The SMILES string of the molecule is CCNC(Cc1c(F)cccc1Cl)c1cccc(C)n1. The maximum absolute atomic E-state index is 13.9. The van der Waals surface area contributed by atoms with Crippen LogP contribution < -0.4 is 5.32 Å². The standard InChI is InChI=1S/C16H18ClFN2/c1-3-19-16(15-9-4-6-11(2)20-15)10-12-13(17)7-5-8-14(12)18/h4-9,16,19H,3,10H2,1-2H3. The summed E-state index contributed by atoms with van der Waals surface area (Å²) in [4.78, 5) is 4.52. The topological polar surface area (TPSA) is 24.9 Å². The van der Waals surface area contributed by atoms with E-state index in [0.717, 1.165) is 17.9 Å². The summed E-state index contributed by atoms with van der Waals surface area (Å²) < 4.78 is 13.9. The zero-order valence-corrected chi connectivity index (χ0v) is 12.4. The maximum atomic E-state index is 13.9. The number of benzene rings is 1. The van der Waals surface area contributed by atoms with Gasteiger partial charge < -0.3 is 5.32 Å². The summed E-state index contributed by atoms with van der Waals surface area (Å²) in [5.41, 5.74) is 2.39. The summed E-state index contributed by atoms with van der Waals surface area (Å²) in [6.45, 7) is 4.75. The Morgan fingerprint density at radius 1 is 1.25 bits per heavy atom. The third-order valence-corrected chi connectivity index (χ3v) is 3.54. The van der Waals surface area contributed by atoms with Crippen molar-refractivity contribution in [3.63, 3.8) is 0 Å². The first-order chi connectivity index (χ1) is 9.61. The van der Waals surface area contributed by atoms with E-state index >= 15 is 0 Å². The van der Waals surface area contributed by atoms with Crippen LogP contribution in [0.1, 0.15) is 29.9 Å². The second-order valence-electron chi connectivity index (χ2n) is 4.72. The number of likely N-dealkylation sites (N-methyl/N-ethyl adjacent to an activating group) is 1. The van der Waals surface area contributed by atoms with Gasteiger partial charge in [0.1, 0.15) is 5.82 Å². The predicted octanol–water partition coefficient (Wildman–Crippen LogP) is 4.08. The van der Waals surface area contributed by atoms with Gasteiger partial charge in [0.2, 0.25) is 0 Å². The zero-order valence-electron chi connectivity index (χ0n) is 11.7. The van der Waals surface area contributed by atoms with Crippen molar-refractivity contribution in [3.05, 3.63) is 64.2 Å². The average molecular weight is 293 g/mol. The van der Waals surface area contributed by atoms with Crippen LogP contribution in [0.25, 0.3) is 0 Å². The van der Waals surface area contributed by atoms with Gasteiger partial charge in [0.25, 0.3) is 0 Å². The van der Waals surface area contributed by atoms with Crippen LogP contribution in [-0.2, 0) is 6.42 Å². The smallest absolute Gasteiger partial charge is 0.127 e. The zero-order chi connectivity index (χ0) is 14.5. The molecular weight excluding hydrogens is 275 g/mol. The summed E-state index contributed by atoms with van der Waals surface area (Å²) in [5.74, 6) is -0.270. The molecule has 0 amide bonds. The third-order valence-electron chi connectivity index (χ3n) is 3.19. The van der Waals surface area contributed by atoms with Crippen molar-refractivity contribution in [2.45, 2.75) is 26.3 Å². The number of hydrogen-bond acceptors (Lipinski definition) is 2. The summed E-state index contributed by atoms with van der Waals surface area (Å²) in [6, 6.07) is 10.6. The quantitative estimate of drug-likeness (QED) is 0.898. The molecule has 1 unspecified atom stereocenters. The highest BCUT2D eigenvalue weighted by molar-refractivity contribution is 6.31. The Labute approximate surface area is 124 Å². The van der Waals surface area contributed by atoms with Crippen LogP contribution in [0.15, 0.2) is 36.4 Å². The van der Waals surface area contributed by atoms with E-state index in [4.69, 9.17) is 11.6 Å². The lowest BCUT2D eigenvalue weighted by molar-refractivity contribution is 0.517. The number of pyridine rings is 1. The van der Waals surface area contributed by atoms with Gasteiger partial charge in [-0.1, -0.05) is 30.7 Å². The van der Waals surface area contributed by atoms with Crippen LogP contribution in [0, 0.1) is 12.7 Å². The van der Waals surface area contributed by atoms with Gasteiger partial charge in [0, 0.05) is 16.3 Å². The molecule has 0 fully saturated rings. The molecule has 1 aromatic heterocycles. The van der Waals surface area contributed by atoms with Crippen LogP contribution in [0.2, 0.25) is 5.02 Å². The highest BCUT2D eigenvalue weighted by atomic mass is 35.5. The van der Waals surface area contributed by atoms with Gasteiger partial charge in [-0.05, 0) is 44.2 Å². The molecule has 1 N–H and O–H groups in total. The second kappa shape index (κ2) is 6.82. The molecule has 0 spiro atoms. The Bertz CT molecular complexity index is 566. The minimum Gasteiger partial charge on any atom is -0.309 e. The number of halogens is 2. The van der Waals surface area contributed by atoms with Gasteiger partial charge in [-0.3, -0.25) is 4.98 Å². The highest BCUT2D eigenvalue weighted by Crippen LogP contribution is 2.25. The van der Waals surface area contributed by atoms with Crippen molar-refractivity contribution < 1.29 is 4.39 Å². The summed E-state index contributed by atoms with van der Waals surface area (Å²) in [7, 11) is 0. The minimum absolute atomic E-state index is 0.0469. The molecule has 2 aromatic rings. The Kier molecular flexibility index (Phi) is 5.10. The molecule has 4 heteroatoms. The van der Waals surface area contributed by atoms with Crippen LogP contribution in [-0.4, -0.2) is 11.5 Å². The van der Waals surface area contributed by atoms with Crippen LogP contribution in [0.5, 0.6) is 0 Å². The third kappa shape index (κ3) is 3.56. The number of nitrogens with zero attached hydrogens (tertiary/aromatic N) is 1. The first-order valence-corrected chi connectivity index (χ1v) is 7.09. The van der Waals surface area contributed by atoms with Crippen molar-refractivity contribution in [1.29, 1.82) is 0 Å². The fourth-order valence-corrected chi connectivity index (χ4v) is 2.46. The number of rotatable bonds is 5. The first-order valence-electron chi connectivity index (χ1n) is 6.71.